The van der Waals surface area contributed by atoms with Crippen molar-refractivity contribution < 1.29 is 9.53 Å². The molecule has 0 radical (unpaired) electrons. The molecular formula is C34H41N3O2. The maximum Gasteiger partial charge on any atom is 0.358 e. The number of rotatable bonds is 11. The molecule has 4 aromatic rings. The second-order valence-corrected chi connectivity index (χ2v) is 10.8. The van der Waals surface area contributed by atoms with Crippen LogP contribution < -0.4 is 4.90 Å². The molecule has 39 heavy (non-hydrogen) atoms. The number of fused-ring (bicyclic) bond motifs is 2. The molecule has 0 spiro atoms. The number of pyridine rings is 1. The second-order valence-electron chi connectivity index (χ2n) is 10.8. The van der Waals surface area contributed by atoms with Crippen LogP contribution in [0.1, 0.15) is 91.3 Å². The van der Waals surface area contributed by atoms with Gasteiger partial charge in [0, 0.05) is 64.8 Å². The second kappa shape index (κ2) is 11.3. The number of hydrogen-bond donors (Lipinski definition) is 0. The third-order valence-electron chi connectivity index (χ3n) is 8.17. The van der Waals surface area contributed by atoms with Crippen LogP contribution in [0, 0.1) is 13.8 Å². The lowest BCUT2D eigenvalue weighted by Gasteiger charge is -2.33. The van der Waals surface area contributed by atoms with E-state index in [1.807, 2.05) is 12.1 Å². The number of nitrogens with zero attached hydrogens (tertiary/aromatic N) is 3. The number of para-hydroxylation sites is 1. The summed E-state index contributed by atoms with van der Waals surface area (Å²) in [7, 11) is 0. The van der Waals surface area contributed by atoms with E-state index in [4.69, 9.17) is 4.74 Å². The molecule has 1 unspecified atom stereocenters. The van der Waals surface area contributed by atoms with Crippen LogP contribution in [0.25, 0.3) is 10.9 Å². The number of carbonyl (C=O) groups is 1. The van der Waals surface area contributed by atoms with E-state index in [1.165, 1.54) is 36.9 Å². The molecule has 0 saturated heterocycles. The van der Waals surface area contributed by atoms with Gasteiger partial charge in [0.05, 0.1) is 0 Å². The molecular weight excluding hydrogens is 482 g/mol. The summed E-state index contributed by atoms with van der Waals surface area (Å²) in [6.07, 6.45) is 7.37. The molecule has 0 fully saturated rings. The van der Waals surface area contributed by atoms with Gasteiger partial charge in [-0.1, -0.05) is 63.9 Å². The lowest BCUT2D eigenvalue weighted by Crippen LogP contribution is -2.32. The van der Waals surface area contributed by atoms with E-state index < -0.39 is 5.60 Å². The molecule has 5 nitrogen and oxygen atoms in total. The fourth-order valence-electron chi connectivity index (χ4n) is 6.31. The maximum atomic E-state index is 13.4. The first-order chi connectivity index (χ1) is 19.0. The topological polar surface area (TPSA) is 47.4 Å². The zero-order chi connectivity index (χ0) is 27.6. The van der Waals surface area contributed by atoms with Crippen molar-refractivity contribution >= 4 is 22.6 Å². The van der Waals surface area contributed by atoms with Crippen LogP contribution in [0.4, 0.5) is 5.69 Å². The molecule has 0 bridgehead atoms. The molecule has 5 rings (SSSR count). The Morgan fingerprint density at radius 1 is 0.897 bits per heavy atom. The van der Waals surface area contributed by atoms with Gasteiger partial charge in [0.25, 0.3) is 0 Å². The third-order valence-corrected chi connectivity index (χ3v) is 8.17. The van der Waals surface area contributed by atoms with Gasteiger partial charge >= 0.3 is 5.97 Å². The number of carbonyl (C=O) groups excluding carboxylic acids is 1. The fraction of sp³-hybridized carbons (Fsp3) is 0.412. The molecule has 1 atom stereocenters. The highest BCUT2D eigenvalue weighted by atomic mass is 16.6. The standard InChI is InChI=1S/C34H41N3O2/c1-6-9-21-36(22-10-7-2)26-17-18-28(24(4)23-26)34(29-15-13-19-35-32(29)33(38)39-34)31-25(5)37(20-8-3)30-16-12-11-14-27(30)31/h11-19,23H,6-10,20-22H2,1-5H3. The lowest BCUT2D eigenvalue weighted by atomic mass is 9.77. The molecule has 0 aliphatic carbocycles. The number of anilines is 1. The minimum Gasteiger partial charge on any atom is -0.439 e. The number of cyclic esters (lactones) is 1. The summed E-state index contributed by atoms with van der Waals surface area (Å²) in [6.45, 7) is 14.0. The number of esters is 1. The number of hydrogen-bond acceptors (Lipinski definition) is 4. The van der Waals surface area contributed by atoms with Gasteiger partial charge in [-0.25, -0.2) is 9.78 Å². The van der Waals surface area contributed by atoms with Crippen molar-refractivity contribution in [3.8, 4) is 0 Å². The van der Waals surface area contributed by atoms with Gasteiger partial charge in [0.2, 0.25) is 0 Å². The number of ether oxygens (including phenoxy) is 1. The third kappa shape index (κ3) is 4.52. The van der Waals surface area contributed by atoms with E-state index in [0.29, 0.717) is 5.69 Å². The van der Waals surface area contributed by atoms with Gasteiger partial charge in [0.15, 0.2) is 11.3 Å². The van der Waals surface area contributed by atoms with Crippen molar-refractivity contribution in [2.75, 3.05) is 18.0 Å². The SMILES string of the molecule is CCCCN(CCCC)c1ccc(C2(c3c(C)n(CCC)c4ccccc34)OC(=O)c3ncccc32)c(C)c1. The van der Waals surface area contributed by atoms with E-state index >= 15 is 0 Å². The number of aryl methyl sites for hydroxylation is 2. The van der Waals surface area contributed by atoms with Crippen LogP contribution in [0.15, 0.2) is 60.8 Å². The summed E-state index contributed by atoms with van der Waals surface area (Å²) in [6, 6.07) is 19.1. The molecule has 2 aromatic heterocycles. The summed E-state index contributed by atoms with van der Waals surface area (Å²) in [5.41, 5.74) is 6.83. The highest BCUT2D eigenvalue weighted by molar-refractivity contribution is 5.97. The molecule has 1 aliphatic heterocycles. The van der Waals surface area contributed by atoms with E-state index in [2.05, 4.69) is 91.5 Å². The van der Waals surface area contributed by atoms with Crippen LogP contribution in [0.3, 0.4) is 0 Å². The summed E-state index contributed by atoms with van der Waals surface area (Å²) in [5.74, 6) is -0.367. The summed E-state index contributed by atoms with van der Waals surface area (Å²) >= 11 is 0. The summed E-state index contributed by atoms with van der Waals surface area (Å²) < 4.78 is 8.93. The highest BCUT2D eigenvalue weighted by Gasteiger charge is 2.52. The van der Waals surface area contributed by atoms with Crippen molar-refractivity contribution in [1.29, 1.82) is 0 Å². The largest absolute Gasteiger partial charge is 0.439 e. The van der Waals surface area contributed by atoms with Crippen LogP contribution >= 0.6 is 0 Å². The number of aromatic nitrogens is 2. The van der Waals surface area contributed by atoms with Crippen LogP contribution in [-0.2, 0) is 16.9 Å². The zero-order valence-electron chi connectivity index (χ0n) is 24.1. The van der Waals surface area contributed by atoms with Gasteiger partial charge in [-0.2, -0.15) is 0 Å². The molecule has 204 valence electrons. The first kappa shape index (κ1) is 27.0. The molecule has 0 N–H and O–H groups in total. The summed E-state index contributed by atoms with van der Waals surface area (Å²) in [5, 5.41) is 1.11. The predicted molar refractivity (Wildman–Crippen MR) is 160 cm³/mol. The minimum absolute atomic E-state index is 0.367. The van der Waals surface area contributed by atoms with E-state index in [0.717, 1.165) is 59.4 Å². The number of benzene rings is 2. The molecule has 1 aliphatic rings. The van der Waals surface area contributed by atoms with Crippen molar-refractivity contribution in [2.24, 2.45) is 0 Å². The molecule has 5 heteroatoms. The normalized spacial score (nSPS) is 16.5. The van der Waals surface area contributed by atoms with Gasteiger partial charge in [-0.05, 0) is 62.9 Å². The lowest BCUT2D eigenvalue weighted by molar-refractivity contribution is 0.0249. The number of unbranched alkanes of at least 4 members (excludes halogenated alkanes) is 2. The quantitative estimate of drug-likeness (QED) is 0.187. The average molecular weight is 524 g/mol. The Bertz CT molecular complexity index is 1480. The van der Waals surface area contributed by atoms with Gasteiger partial charge in [0.1, 0.15) is 0 Å². The van der Waals surface area contributed by atoms with Gasteiger partial charge < -0.3 is 14.2 Å². The fourth-order valence-corrected chi connectivity index (χ4v) is 6.31. The van der Waals surface area contributed by atoms with Gasteiger partial charge in [-0.3, -0.25) is 0 Å². The van der Waals surface area contributed by atoms with E-state index in [-0.39, 0.29) is 5.97 Å². The molecule has 2 aromatic carbocycles. The molecule has 3 heterocycles. The first-order valence-corrected chi connectivity index (χ1v) is 14.6. The maximum absolute atomic E-state index is 13.4. The Labute approximate surface area is 232 Å². The van der Waals surface area contributed by atoms with Crippen LogP contribution in [-0.4, -0.2) is 28.6 Å². The van der Waals surface area contributed by atoms with Gasteiger partial charge in [-0.15, -0.1) is 0 Å². The molecule has 0 amide bonds. The highest BCUT2D eigenvalue weighted by Crippen LogP contribution is 2.51. The van der Waals surface area contributed by atoms with Crippen LogP contribution in [0.5, 0.6) is 0 Å². The van der Waals surface area contributed by atoms with E-state index in [9.17, 15) is 4.79 Å². The van der Waals surface area contributed by atoms with Crippen molar-refractivity contribution in [2.45, 2.75) is 78.9 Å². The average Bonchev–Trinajstić information content (AvgIpc) is 3.40. The smallest absolute Gasteiger partial charge is 0.358 e. The van der Waals surface area contributed by atoms with Crippen molar-refractivity contribution in [3.63, 3.8) is 0 Å². The first-order valence-electron chi connectivity index (χ1n) is 14.6. The Balaban J connectivity index is 1.76. The Morgan fingerprint density at radius 3 is 2.33 bits per heavy atom. The predicted octanol–water partition coefficient (Wildman–Crippen LogP) is 7.93. The van der Waals surface area contributed by atoms with Crippen molar-refractivity contribution in [3.05, 3.63) is 94.4 Å². The van der Waals surface area contributed by atoms with Crippen molar-refractivity contribution in [1.82, 2.24) is 9.55 Å². The van der Waals surface area contributed by atoms with Crippen LogP contribution in [0.2, 0.25) is 0 Å². The Hall–Kier alpha value is -3.60. The monoisotopic (exact) mass is 523 g/mol. The van der Waals surface area contributed by atoms with E-state index in [1.54, 1.807) is 6.20 Å². The Morgan fingerprint density at radius 2 is 1.64 bits per heavy atom. The Kier molecular flexibility index (Phi) is 7.79. The zero-order valence-corrected chi connectivity index (χ0v) is 24.1. The molecule has 0 saturated carbocycles. The summed E-state index contributed by atoms with van der Waals surface area (Å²) in [4.78, 5) is 20.4. The minimum atomic E-state index is -1.07.